The molecule has 0 radical (unpaired) electrons. The highest BCUT2D eigenvalue weighted by Gasteiger charge is 2.34. The van der Waals surface area contributed by atoms with Crippen LogP contribution in [-0.4, -0.2) is 39.9 Å². The average molecular weight is 262 g/mol. The zero-order chi connectivity index (χ0) is 13.4. The molecule has 2 unspecified atom stereocenters. The van der Waals surface area contributed by atoms with Crippen molar-refractivity contribution in [1.29, 1.82) is 0 Å². The van der Waals surface area contributed by atoms with Crippen molar-refractivity contribution in [2.24, 2.45) is 0 Å². The van der Waals surface area contributed by atoms with Gasteiger partial charge in [0, 0.05) is 42.5 Å². The third kappa shape index (κ3) is 2.84. The molecule has 0 saturated carbocycles. The number of nitrogens with one attached hydrogen (secondary N) is 1. The molecule has 1 aromatic rings. The maximum absolute atomic E-state index is 4.43. The maximum atomic E-state index is 4.43. The van der Waals surface area contributed by atoms with Crippen molar-refractivity contribution < 1.29 is 0 Å². The summed E-state index contributed by atoms with van der Waals surface area (Å²) in [6, 6.07) is 2.73. The summed E-state index contributed by atoms with van der Waals surface area (Å²) >= 11 is 0. The Kier molecular flexibility index (Phi) is 3.63. The Morgan fingerprint density at radius 2 is 2.05 bits per heavy atom. The molecule has 2 bridgehead atoms. The van der Waals surface area contributed by atoms with E-state index in [1.807, 2.05) is 6.20 Å². The van der Waals surface area contributed by atoms with Crippen LogP contribution in [0.25, 0.3) is 0 Å². The lowest BCUT2D eigenvalue weighted by Crippen LogP contribution is -2.46. The van der Waals surface area contributed by atoms with Crippen molar-refractivity contribution in [3.63, 3.8) is 0 Å². The Morgan fingerprint density at radius 3 is 2.63 bits per heavy atom. The fourth-order valence-corrected chi connectivity index (χ4v) is 3.55. The third-order valence-corrected chi connectivity index (χ3v) is 4.69. The van der Waals surface area contributed by atoms with Gasteiger partial charge in [-0.1, -0.05) is 0 Å². The summed E-state index contributed by atoms with van der Waals surface area (Å²) in [6.45, 7) is 5.37. The summed E-state index contributed by atoms with van der Waals surface area (Å²) in [5.41, 5.74) is 1.34. The van der Waals surface area contributed by atoms with Gasteiger partial charge in [0.05, 0.1) is 6.20 Å². The molecule has 0 aliphatic carbocycles. The second-order valence-corrected chi connectivity index (χ2v) is 6.60. The van der Waals surface area contributed by atoms with E-state index in [2.05, 4.69) is 47.1 Å². The first-order valence-corrected chi connectivity index (χ1v) is 7.61. The van der Waals surface area contributed by atoms with Gasteiger partial charge in [0.2, 0.25) is 0 Å². The van der Waals surface area contributed by atoms with Crippen LogP contribution in [0.5, 0.6) is 0 Å². The van der Waals surface area contributed by atoms with Crippen LogP contribution < -0.4 is 5.32 Å². The number of rotatable bonds is 4. The molecular formula is C15H26N4. The summed E-state index contributed by atoms with van der Waals surface area (Å²) in [6.07, 6.45) is 9.58. The molecule has 2 aliphatic heterocycles. The van der Waals surface area contributed by atoms with E-state index >= 15 is 0 Å². The van der Waals surface area contributed by atoms with Gasteiger partial charge in [-0.05, 0) is 46.6 Å². The van der Waals surface area contributed by atoms with Crippen molar-refractivity contribution in [3.05, 3.63) is 18.0 Å². The Balaban J connectivity index is 1.59. The van der Waals surface area contributed by atoms with Gasteiger partial charge in [-0.15, -0.1) is 0 Å². The summed E-state index contributed by atoms with van der Waals surface area (Å²) in [4.78, 5) is 2.52. The number of piperidine rings is 1. The summed E-state index contributed by atoms with van der Waals surface area (Å²) in [7, 11) is 2.27. The van der Waals surface area contributed by atoms with Gasteiger partial charge in [0.15, 0.2) is 0 Å². The fraction of sp³-hybridized carbons (Fsp3) is 0.800. The first-order valence-electron chi connectivity index (χ1n) is 7.61. The largest absolute Gasteiger partial charge is 0.311 e. The van der Waals surface area contributed by atoms with Crippen LogP contribution in [0.2, 0.25) is 0 Å². The van der Waals surface area contributed by atoms with Crippen LogP contribution in [0.4, 0.5) is 0 Å². The first kappa shape index (κ1) is 13.1. The average Bonchev–Trinajstić information content (AvgIpc) is 2.96. The van der Waals surface area contributed by atoms with E-state index in [1.54, 1.807) is 0 Å². The molecule has 2 atom stereocenters. The number of nitrogens with zero attached hydrogens (tertiary/aromatic N) is 3. The second-order valence-electron chi connectivity index (χ2n) is 6.60. The zero-order valence-electron chi connectivity index (χ0n) is 12.3. The second kappa shape index (κ2) is 5.25. The molecular weight excluding hydrogens is 236 g/mol. The quantitative estimate of drug-likeness (QED) is 0.903. The van der Waals surface area contributed by atoms with Crippen molar-refractivity contribution in [1.82, 2.24) is 20.0 Å². The van der Waals surface area contributed by atoms with Crippen LogP contribution in [0.1, 0.15) is 51.1 Å². The number of fused-ring (bicyclic) bond motifs is 2. The lowest BCUT2D eigenvalue weighted by Gasteiger charge is -2.35. The molecule has 1 aromatic heterocycles. The van der Waals surface area contributed by atoms with Crippen LogP contribution >= 0.6 is 0 Å². The third-order valence-electron chi connectivity index (χ3n) is 4.69. The van der Waals surface area contributed by atoms with E-state index < -0.39 is 0 Å². The molecule has 4 nitrogen and oxygen atoms in total. The van der Waals surface area contributed by atoms with Crippen LogP contribution in [0.3, 0.4) is 0 Å². The normalized spacial score (nSPS) is 30.5. The van der Waals surface area contributed by atoms with Crippen molar-refractivity contribution >= 4 is 0 Å². The molecule has 3 heterocycles. The standard InChI is InChI=1S/C15H26N4/c1-11(2)19-10-12(8-16-19)9-18(3)15-6-13-4-5-14(7-15)17-13/h8,10-11,13-15,17H,4-7,9H2,1-3H3. The molecule has 19 heavy (non-hydrogen) atoms. The number of hydrogen-bond acceptors (Lipinski definition) is 3. The summed E-state index contributed by atoms with van der Waals surface area (Å²) in [5.74, 6) is 0. The highest BCUT2D eigenvalue weighted by Crippen LogP contribution is 2.29. The van der Waals surface area contributed by atoms with Gasteiger partial charge in [-0.3, -0.25) is 9.58 Å². The van der Waals surface area contributed by atoms with E-state index in [0.29, 0.717) is 6.04 Å². The Bertz CT molecular complexity index is 414. The lowest BCUT2D eigenvalue weighted by molar-refractivity contribution is 0.166. The van der Waals surface area contributed by atoms with Gasteiger partial charge < -0.3 is 5.32 Å². The highest BCUT2D eigenvalue weighted by molar-refractivity contribution is 5.05. The molecule has 2 fully saturated rings. The SMILES string of the molecule is CC(C)n1cc(CN(C)C2CC3CCC(C2)N3)cn1. The molecule has 2 saturated heterocycles. The van der Waals surface area contributed by atoms with Crippen molar-refractivity contribution in [2.45, 2.75) is 70.2 Å². The van der Waals surface area contributed by atoms with Gasteiger partial charge >= 0.3 is 0 Å². The van der Waals surface area contributed by atoms with Crippen molar-refractivity contribution in [2.75, 3.05) is 7.05 Å². The lowest BCUT2D eigenvalue weighted by atomic mass is 9.98. The molecule has 4 heteroatoms. The Morgan fingerprint density at radius 1 is 1.37 bits per heavy atom. The van der Waals surface area contributed by atoms with Gasteiger partial charge in [-0.2, -0.15) is 5.10 Å². The highest BCUT2D eigenvalue weighted by atomic mass is 15.3. The van der Waals surface area contributed by atoms with Gasteiger partial charge in [0.1, 0.15) is 0 Å². The molecule has 106 valence electrons. The molecule has 0 amide bonds. The van der Waals surface area contributed by atoms with E-state index in [-0.39, 0.29) is 0 Å². The van der Waals surface area contributed by atoms with Crippen molar-refractivity contribution in [3.8, 4) is 0 Å². The molecule has 2 aliphatic rings. The summed E-state index contributed by atoms with van der Waals surface area (Å²) < 4.78 is 2.05. The monoisotopic (exact) mass is 262 g/mol. The van der Waals surface area contributed by atoms with Gasteiger partial charge in [0.25, 0.3) is 0 Å². The minimum Gasteiger partial charge on any atom is -0.311 e. The molecule has 0 aromatic carbocycles. The van der Waals surface area contributed by atoms with Gasteiger partial charge in [-0.25, -0.2) is 0 Å². The first-order chi connectivity index (χ1) is 9.11. The topological polar surface area (TPSA) is 33.1 Å². The minimum atomic E-state index is 0.453. The van der Waals surface area contributed by atoms with Crippen LogP contribution in [-0.2, 0) is 6.54 Å². The van der Waals surface area contributed by atoms with E-state index in [1.165, 1.54) is 31.2 Å². The molecule has 3 rings (SSSR count). The van der Waals surface area contributed by atoms with Crippen LogP contribution in [0, 0.1) is 0 Å². The Hall–Kier alpha value is -0.870. The predicted molar refractivity (Wildman–Crippen MR) is 77.0 cm³/mol. The molecule has 0 spiro atoms. The number of hydrogen-bond donors (Lipinski definition) is 1. The predicted octanol–water partition coefficient (Wildman–Crippen LogP) is 2.18. The van der Waals surface area contributed by atoms with Crippen LogP contribution in [0.15, 0.2) is 12.4 Å². The fourth-order valence-electron chi connectivity index (χ4n) is 3.55. The van der Waals surface area contributed by atoms with E-state index in [9.17, 15) is 0 Å². The summed E-state index contributed by atoms with van der Waals surface area (Å²) in [5, 5.41) is 8.15. The maximum Gasteiger partial charge on any atom is 0.0534 e. The minimum absolute atomic E-state index is 0.453. The number of aromatic nitrogens is 2. The van der Waals surface area contributed by atoms with E-state index in [4.69, 9.17) is 0 Å². The Labute approximate surface area is 116 Å². The molecule has 1 N–H and O–H groups in total. The zero-order valence-corrected chi connectivity index (χ0v) is 12.3. The smallest absolute Gasteiger partial charge is 0.0534 e. The van der Waals surface area contributed by atoms with E-state index in [0.717, 1.165) is 24.7 Å².